The zero-order chi connectivity index (χ0) is 15.7. The summed E-state index contributed by atoms with van der Waals surface area (Å²) in [7, 11) is 0. The van der Waals surface area contributed by atoms with Gasteiger partial charge < -0.3 is 5.32 Å². The number of hydrogen-bond acceptors (Lipinski definition) is 3. The van der Waals surface area contributed by atoms with Crippen LogP contribution in [0.25, 0.3) is 0 Å². The lowest BCUT2D eigenvalue weighted by Gasteiger charge is -2.21. The molecule has 0 aliphatic rings. The summed E-state index contributed by atoms with van der Waals surface area (Å²) in [6, 6.07) is 2.97. The largest absolute Gasteiger partial charge is 0.303 e. The number of nitrogens with zero attached hydrogens (tertiary/aromatic N) is 2. The fourth-order valence-electron chi connectivity index (χ4n) is 3.27. The maximum Gasteiger partial charge on any atom is 0.0644 e. The Kier molecular flexibility index (Phi) is 4.89. The van der Waals surface area contributed by atoms with Gasteiger partial charge in [0.2, 0.25) is 0 Å². The molecule has 2 unspecified atom stereocenters. The van der Waals surface area contributed by atoms with Crippen LogP contribution < -0.4 is 5.32 Å². The van der Waals surface area contributed by atoms with Crippen LogP contribution in [-0.4, -0.2) is 9.78 Å². The van der Waals surface area contributed by atoms with E-state index in [1.807, 2.05) is 11.3 Å². The van der Waals surface area contributed by atoms with E-state index in [4.69, 9.17) is 0 Å². The van der Waals surface area contributed by atoms with Gasteiger partial charge in [-0.2, -0.15) is 5.10 Å². The highest BCUT2D eigenvalue weighted by molar-refractivity contribution is 7.12. The Labute approximate surface area is 132 Å². The summed E-state index contributed by atoms with van der Waals surface area (Å²) in [6.45, 7) is 16.2. The van der Waals surface area contributed by atoms with Gasteiger partial charge in [0.15, 0.2) is 0 Å². The lowest BCUT2D eigenvalue weighted by atomic mass is 10.0. The molecule has 0 aliphatic carbocycles. The molecule has 0 saturated heterocycles. The van der Waals surface area contributed by atoms with Crippen molar-refractivity contribution in [2.75, 3.05) is 0 Å². The molecule has 3 nitrogen and oxygen atoms in total. The summed E-state index contributed by atoms with van der Waals surface area (Å²) in [5, 5.41) is 8.37. The van der Waals surface area contributed by atoms with E-state index in [0.29, 0.717) is 12.1 Å². The van der Waals surface area contributed by atoms with Gasteiger partial charge >= 0.3 is 0 Å². The van der Waals surface area contributed by atoms with E-state index >= 15 is 0 Å². The van der Waals surface area contributed by atoms with Gasteiger partial charge in [-0.25, -0.2) is 0 Å². The Morgan fingerprint density at radius 3 is 2.33 bits per heavy atom. The van der Waals surface area contributed by atoms with E-state index in [2.05, 4.69) is 69.6 Å². The summed E-state index contributed by atoms with van der Waals surface area (Å²) in [5.41, 5.74) is 5.18. The molecule has 2 rings (SSSR count). The van der Waals surface area contributed by atoms with Crippen LogP contribution in [0.1, 0.15) is 65.1 Å². The predicted molar refractivity (Wildman–Crippen MR) is 91.1 cm³/mol. The summed E-state index contributed by atoms with van der Waals surface area (Å²) in [4.78, 5) is 2.80. The highest BCUT2D eigenvalue weighted by Gasteiger charge is 2.20. The molecule has 0 aliphatic heterocycles. The van der Waals surface area contributed by atoms with E-state index in [0.717, 1.165) is 12.2 Å². The number of aryl methyl sites for hydroxylation is 4. The summed E-state index contributed by atoms with van der Waals surface area (Å²) in [5.74, 6) is 0. The average molecular weight is 305 g/mol. The first-order valence-corrected chi connectivity index (χ1v) is 8.53. The van der Waals surface area contributed by atoms with Gasteiger partial charge in [-0.15, -0.1) is 11.3 Å². The Morgan fingerprint density at radius 2 is 1.86 bits per heavy atom. The van der Waals surface area contributed by atoms with Gasteiger partial charge in [-0.3, -0.25) is 4.68 Å². The molecule has 0 aromatic carbocycles. The first-order chi connectivity index (χ1) is 9.85. The number of thiophene rings is 1. The standard InChI is InChI=1S/C17H27N3S/c1-8-20-14(6)17(13(5)19-20)12(4)18-11(3)16-9-10(2)21-15(16)7/h9,11-12,18H,8H2,1-7H3. The number of hydrogen-bond donors (Lipinski definition) is 1. The molecular weight excluding hydrogens is 278 g/mol. The van der Waals surface area contributed by atoms with Crippen molar-refractivity contribution in [2.24, 2.45) is 0 Å². The van der Waals surface area contributed by atoms with Gasteiger partial charge in [0.25, 0.3) is 0 Å². The monoisotopic (exact) mass is 305 g/mol. The van der Waals surface area contributed by atoms with E-state index in [1.54, 1.807) is 0 Å². The van der Waals surface area contributed by atoms with Gasteiger partial charge in [-0.05, 0) is 60.1 Å². The van der Waals surface area contributed by atoms with E-state index < -0.39 is 0 Å². The molecule has 2 aromatic rings. The third-order valence-corrected chi connectivity index (χ3v) is 5.20. The molecule has 0 bridgehead atoms. The SMILES string of the molecule is CCn1nc(C)c(C(C)NC(C)c2cc(C)sc2C)c1C. The zero-order valence-corrected chi connectivity index (χ0v) is 15.1. The van der Waals surface area contributed by atoms with Crippen LogP contribution in [-0.2, 0) is 6.54 Å². The maximum atomic E-state index is 4.63. The summed E-state index contributed by atoms with van der Waals surface area (Å²) >= 11 is 1.88. The molecule has 0 fully saturated rings. The molecule has 21 heavy (non-hydrogen) atoms. The second-order valence-corrected chi connectivity index (χ2v) is 7.34. The van der Waals surface area contributed by atoms with Crippen molar-refractivity contribution < 1.29 is 0 Å². The first kappa shape index (κ1) is 16.2. The van der Waals surface area contributed by atoms with Crippen LogP contribution in [0.15, 0.2) is 6.07 Å². The Morgan fingerprint density at radius 1 is 1.19 bits per heavy atom. The zero-order valence-electron chi connectivity index (χ0n) is 14.2. The number of aromatic nitrogens is 2. The summed E-state index contributed by atoms with van der Waals surface area (Å²) < 4.78 is 2.09. The molecule has 2 atom stereocenters. The smallest absolute Gasteiger partial charge is 0.0644 e. The fraction of sp³-hybridized carbons (Fsp3) is 0.588. The van der Waals surface area contributed by atoms with Crippen LogP contribution in [0.3, 0.4) is 0 Å². The highest BCUT2D eigenvalue weighted by atomic mass is 32.1. The molecule has 2 heterocycles. The van der Waals surface area contributed by atoms with Crippen molar-refractivity contribution in [1.82, 2.24) is 15.1 Å². The van der Waals surface area contributed by atoms with Crippen LogP contribution in [0.2, 0.25) is 0 Å². The molecule has 0 radical (unpaired) electrons. The Balaban J connectivity index is 2.20. The van der Waals surface area contributed by atoms with Crippen LogP contribution in [0.4, 0.5) is 0 Å². The Hall–Kier alpha value is -1.13. The minimum absolute atomic E-state index is 0.305. The van der Waals surface area contributed by atoms with Crippen molar-refractivity contribution >= 4 is 11.3 Å². The lowest BCUT2D eigenvalue weighted by molar-refractivity contribution is 0.490. The van der Waals surface area contributed by atoms with E-state index in [-0.39, 0.29) is 0 Å². The van der Waals surface area contributed by atoms with Crippen molar-refractivity contribution in [3.63, 3.8) is 0 Å². The molecular formula is C17H27N3S. The maximum absolute atomic E-state index is 4.63. The number of rotatable bonds is 5. The predicted octanol–water partition coefficient (Wildman–Crippen LogP) is 4.61. The first-order valence-electron chi connectivity index (χ1n) is 7.72. The van der Waals surface area contributed by atoms with Crippen LogP contribution >= 0.6 is 11.3 Å². The molecule has 0 amide bonds. The van der Waals surface area contributed by atoms with Gasteiger partial charge in [0, 0.05) is 39.6 Å². The van der Waals surface area contributed by atoms with Crippen molar-refractivity contribution in [1.29, 1.82) is 0 Å². The average Bonchev–Trinajstić information content (AvgIpc) is 2.88. The minimum atomic E-state index is 0.305. The molecule has 4 heteroatoms. The molecule has 0 saturated carbocycles. The summed E-state index contributed by atoms with van der Waals surface area (Å²) in [6.07, 6.45) is 0. The van der Waals surface area contributed by atoms with Crippen molar-refractivity contribution in [3.05, 3.63) is 38.3 Å². The number of nitrogens with one attached hydrogen (secondary N) is 1. The quantitative estimate of drug-likeness (QED) is 0.874. The van der Waals surface area contributed by atoms with Gasteiger partial charge in [0.1, 0.15) is 0 Å². The second-order valence-electron chi connectivity index (χ2n) is 5.88. The molecule has 1 N–H and O–H groups in total. The van der Waals surface area contributed by atoms with Gasteiger partial charge in [0.05, 0.1) is 5.69 Å². The third kappa shape index (κ3) is 3.22. The van der Waals surface area contributed by atoms with Crippen molar-refractivity contribution in [3.8, 4) is 0 Å². The fourth-order valence-corrected chi connectivity index (χ4v) is 4.30. The minimum Gasteiger partial charge on any atom is -0.303 e. The van der Waals surface area contributed by atoms with E-state index in [9.17, 15) is 0 Å². The van der Waals surface area contributed by atoms with Gasteiger partial charge in [-0.1, -0.05) is 0 Å². The van der Waals surface area contributed by atoms with E-state index in [1.165, 1.54) is 26.6 Å². The third-order valence-electron chi connectivity index (χ3n) is 4.22. The van der Waals surface area contributed by atoms with Crippen molar-refractivity contribution in [2.45, 2.75) is 67.1 Å². The van der Waals surface area contributed by atoms with Crippen LogP contribution in [0.5, 0.6) is 0 Å². The lowest BCUT2D eigenvalue weighted by Crippen LogP contribution is -2.23. The normalized spacial score (nSPS) is 14.4. The Bertz CT molecular complexity index is 624. The topological polar surface area (TPSA) is 29.9 Å². The molecule has 2 aromatic heterocycles. The highest BCUT2D eigenvalue weighted by Crippen LogP contribution is 2.29. The molecule has 0 spiro atoms. The van der Waals surface area contributed by atoms with Crippen LogP contribution in [0, 0.1) is 27.7 Å². The molecule has 116 valence electrons. The second kappa shape index (κ2) is 6.32.